The van der Waals surface area contributed by atoms with Gasteiger partial charge in [0.1, 0.15) is 12.2 Å². The van der Waals surface area contributed by atoms with Crippen molar-refractivity contribution >= 4 is 5.97 Å². The molecule has 0 saturated carbocycles. The van der Waals surface area contributed by atoms with Crippen molar-refractivity contribution in [2.75, 3.05) is 13.2 Å². The Morgan fingerprint density at radius 3 is 2.46 bits per heavy atom. The van der Waals surface area contributed by atoms with Gasteiger partial charge in [0.15, 0.2) is 5.79 Å². The maximum atomic E-state index is 12.2. The summed E-state index contributed by atoms with van der Waals surface area (Å²) in [5.74, 6) is -0.846. The van der Waals surface area contributed by atoms with E-state index >= 15 is 0 Å². The quantitative estimate of drug-likeness (QED) is 0.715. The van der Waals surface area contributed by atoms with Crippen LogP contribution in [0.4, 0.5) is 0 Å². The molecule has 2 aromatic carbocycles. The van der Waals surface area contributed by atoms with Crippen molar-refractivity contribution in [3.63, 3.8) is 0 Å². The first-order valence-electron chi connectivity index (χ1n) is 9.88. The highest BCUT2D eigenvalue weighted by Crippen LogP contribution is 2.38. The fourth-order valence-electron chi connectivity index (χ4n) is 4.18. The lowest BCUT2D eigenvalue weighted by Gasteiger charge is -2.29. The third-order valence-electron chi connectivity index (χ3n) is 5.37. The van der Waals surface area contributed by atoms with Gasteiger partial charge in [0, 0.05) is 19.1 Å². The van der Waals surface area contributed by atoms with E-state index in [0.717, 1.165) is 13.1 Å². The summed E-state index contributed by atoms with van der Waals surface area (Å²) in [6.07, 6.45) is 0.758. The van der Waals surface area contributed by atoms with E-state index in [1.165, 1.54) is 5.56 Å². The van der Waals surface area contributed by atoms with Crippen LogP contribution in [0.5, 0.6) is 0 Å². The molecule has 2 aliphatic heterocycles. The molecule has 2 fully saturated rings. The van der Waals surface area contributed by atoms with Gasteiger partial charge in [-0.3, -0.25) is 4.90 Å². The Balaban J connectivity index is 1.40. The number of hydrogen-bond donors (Lipinski definition) is 0. The number of ether oxygens (including phenoxy) is 3. The largest absolute Gasteiger partial charge is 0.462 e. The van der Waals surface area contributed by atoms with E-state index in [-0.39, 0.29) is 24.2 Å². The van der Waals surface area contributed by atoms with Crippen molar-refractivity contribution < 1.29 is 19.0 Å². The maximum Gasteiger partial charge on any atom is 0.338 e. The number of esters is 1. The lowest BCUT2D eigenvalue weighted by Crippen LogP contribution is -2.39. The van der Waals surface area contributed by atoms with E-state index in [1.54, 1.807) is 12.1 Å². The van der Waals surface area contributed by atoms with Gasteiger partial charge in [0.05, 0.1) is 12.2 Å². The van der Waals surface area contributed by atoms with Gasteiger partial charge in [0.25, 0.3) is 0 Å². The van der Waals surface area contributed by atoms with Crippen LogP contribution in [0.1, 0.15) is 36.2 Å². The number of benzene rings is 2. The number of likely N-dealkylation sites (tertiary alicyclic amines) is 1. The van der Waals surface area contributed by atoms with Crippen LogP contribution >= 0.6 is 0 Å². The van der Waals surface area contributed by atoms with Crippen LogP contribution in [-0.4, -0.2) is 48.1 Å². The molecule has 3 atom stereocenters. The van der Waals surface area contributed by atoms with Gasteiger partial charge >= 0.3 is 5.97 Å². The van der Waals surface area contributed by atoms with E-state index in [9.17, 15) is 4.79 Å². The monoisotopic (exact) mass is 381 g/mol. The van der Waals surface area contributed by atoms with Crippen LogP contribution in [0.25, 0.3) is 0 Å². The molecule has 0 bridgehead atoms. The molecule has 0 aliphatic carbocycles. The van der Waals surface area contributed by atoms with Crippen molar-refractivity contribution in [1.82, 2.24) is 4.90 Å². The van der Waals surface area contributed by atoms with Gasteiger partial charge in [-0.05, 0) is 38.0 Å². The lowest BCUT2D eigenvalue weighted by atomic mass is 10.1. The fourth-order valence-corrected chi connectivity index (χ4v) is 4.18. The van der Waals surface area contributed by atoms with Gasteiger partial charge in [-0.25, -0.2) is 4.79 Å². The number of nitrogens with zero attached hydrogens (tertiary/aromatic N) is 1. The second kappa shape index (κ2) is 8.03. The van der Waals surface area contributed by atoms with Crippen molar-refractivity contribution in [2.24, 2.45) is 0 Å². The molecular weight excluding hydrogens is 354 g/mol. The van der Waals surface area contributed by atoms with Gasteiger partial charge < -0.3 is 14.2 Å². The van der Waals surface area contributed by atoms with Crippen LogP contribution in [0.2, 0.25) is 0 Å². The third-order valence-corrected chi connectivity index (χ3v) is 5.37. The Kier molecular flexibility index (Phi) is 5.49. The Bertz CT molecular complexity index is 793. The second-order valence-electron chi connectivity index (χ2n) is 7.91. The van der Waals surface area contributed by atoms with E-state index in [0.29, 0.717) is 18.6 Å². The zero-order valence-electron chi connectivity index (χ0n) is 16.4. The van der Waals surface area contributed by atoms with E-state index in [2.05, 4.69) is 29.2 Å². The average molecular weight is 381 g/mol. The topological polar surface area (TPSA) is 48.0 Å². The first kappa shape index (κ1) is 19.1. The standard InChI is InChI=1S/C23H27NO4/c1-23(2)27-20-16-24(15-17-9-5-3-6-10-17)19(21(20)28-23)13-14-26-22(25)18-11-7-4-8-12-18/h3-12,19-21H,13-16H2,1-2H3/t19-,20+,21-/m0/s1. The predicted octanol–water partition coefficient (Wildman–Crippen LogP) is 3.64. The van der Waals surface area contributed by atoms with Gasteiger partial charge in [-0.15, -0.1) is 0 Å². The molecule has 0 radical (unpaired) electrons. The molecule has 5 nitrogen and oxygen atoms in total. The lowest BCUT2D eigenvalue weighted by molar-refractivity contribution is -0.162. The summed E-state index contributed by atoms with van der Waals surface area (Å²) < 4.78 is 17.8. The highest BCUT2D eigenvalue weighted by Gasteiger charge is 2.52. The summed E-state index contributed by atoms with van der Waals surface area (Å²) in [6, 6.07) is 19.6. The van der Waals surface area contributed by atoms with Gasteiger partial charge in [-0.2, -0.15) is 0 Å². The van der Waals surface area contributed by atoms with E-state index < -0.39 is 5.79 Å². The summed E-state index contributed by atoms with van der Waals surface area (Å²) in [5, 5.41) is 0. The Labute approximate surface area is 166 Å². The summed E-state index contributed by atoms with van der Waals surface area (Å²) in [6.45, 7) is 5.92. The van der Waals surface area contributed by atoms with Crippen LogP contribution < -0.4 is 0 Å². The second-order valence-corrected chi connectivity index (χ2v) is 7.91. The summed E-state index contributed by atoms with van der Waals surface area (Å²) in [4.78, 5) is 14.6. The highest BCUT2D eigenvalue weighted by molar-refractivity contribution is 5.89. The van der Waals surface area contributed by atoms with Crippen molar-refractivity contribution in [3.8, 4) is 0 Å². The first-order valence-corrected chi connectivity index (χ1v) is 9.88. The number of carbonyl (C=O) groups excluding carboxylic acids is 1. The molecule has 0 N–H and O–H groups in total. The maximum absolute atomic E-state index is 12.2. The molecule has 0 amide bonds. The molecule has 2 heterocycles. The zero-order valence-corrected chi connectivity index (χ0v) is 16.4. The molecule has 2 aliphatic rings. The van der Waals surface area contributed by atoms with Crippen molar-refractivity contribution in [1.29, 1.82) is 0 Å². The molecule has 0 aromatic heterocycles. The summed E-state index contributed by atoms with van der Waals surface area (Å²) >= 11 is 0. The SMILES string of the molecule is CC1(C)O[C@@H]2[C@@H](CN(Cc3ccccc3)[C@H]2CCOC(=O)c2ccccc2)O1. The van der Waals surface area contributed by atoms with Gasteiger partial charge in [0.2, 0.25) is 0 Å². The number of rotatable bonds is 6. The molecule has 148 valence electrons. The smallest absolute Gasteiger partial charge is 0.338 e. The predicted molar refractivity (Wildman–Crippen MR) is 106 cm³/mol. The first-order chi connectivity index (χ1) is 13.5. The Hall–Kier alpha value is -2.21. The molecule has 0 unspecified atom stereocenters. The van der Waals surface area contributed by atoms with Crippen molar-refractivity contribution in [2.45, 2.75) is 50.8 Å². The molecule has 2 saturated heterocycles. The Morgan fingerprint density at radius 1 is 1.07 bits per heavy atom. The summed E-state index contributed by atoms with van der Waals surface area (Å²) in [5.41, 5.74) is 1.84. The molecule has 2 aromatic rings. The number of fused-ring (bicyclic) bond motifs is 1. The minimum Gasteiger partial charge on any atom is -0.462 e. The zero-order chi connectivity index (χ0) is 19.6. The Morgan fingerprint density at radius 2 is 1.75 bits per heavy atom. The molecule has 4 rings (SSSR count). The normalized spacial score (nSPS) is 26.1. The van der Waals surface area contributed by atoms with Crippen LogP contribution in [-0.2, 0) is 20.8 Å². The molecular formula is C23H27NO4. The van der Waals surface area contributed by atoms with Crippen LogP contribution in [0.3, 0.4) is 0 Å². The van der Waals surface area contributed by atoms with Crippen LogP contribution in [0.15, 0.2) is 60.7 Å². The fraction of sp³-hybridized carbons (Fsp3) is 0.435. The molecule has 0 spiro atoms. The van der Waals surface area contributed by atoms with Crippen LogP contribution in [0, 0.1) is 0 Å². The van der Waals surface area contributed by atoms with Crippen molar-refractivity contribution in [3.05, 3.63) is 71.8 Å². The summed E-state index contributed by atoms with van der Waals surface area (Å²) in [7, 11) is 0. The molecule has 5 heteroatoms. The number of hydrogen-bond acceptors (Lipinski definition) is 5. The van der Waals surface area contributed by atoms with Gasteiger partial charge in [-0.1, -0.05) is 48.5 Å². The minimum absolute atomic E-state index is 0.00543. The highest BCUT2D eigenvalue weighted by atomic mass is 16.8. The third kappa shape index (κ3) is 4.27. The van der Waals surface area contributed by atoms with E-state index in [1.807, 2.05) is 38.1 Å². The number of carbonyl (C=O) groups is 1. The minimum atomic E-state index is -0.562. The molecule has 28 heavy (non-hydrogen) atoms. The average Bonchev–Trinajstić information content (AvgIpc) is 3.15. The van der Waals surface area contributed by atoms with E-state index in [4.69, 9.17) is 14.2 Å².